The number of benzene rings is 1. The third kappa shape index (κ3) is 1.40. The Bertz CT molecular complexity index is 426. The summed E-state index contributed by atoms with van der Waals surface area (Å²) in [5, 5.41) is -1.84. The summed E-state index contributed by atoms with van der Waals surface area (Å²) in [4.78, 5) is 0. The van der Waals surface area contributed by atoms with Crippen molar-refractivity contribution < 1.29 is 13.2 Å². The highest BCUT2D eigenvalue weighted by Crippen LogP contribution is 2.50. The van der Waals surface area contributed by atoms with Gasteiger partial charge in [0.15, 0.2) is 17.0 Å². The summed E-state index contributed by atoms with van der Waals surface area (Å²) in [7, 11) is 2.00. The Kier molecular flexibility index (Phi) is 2.34. The molecule has 2 rings (SSSR count). The number of aryl methyl sites for hydroxylation is 1. The van der Waals surface area contributed by atoms with E-state index in [1.807, 2.05) is 9.24 Å². The molecule has 0 amide bonds. The Labute approximate surface area is 89.1 Å². The summed E-state index contributed by atoms with van der Waals surface area (Å²) in [6.07, 6.45) is 0.452. The van der Waals surface area contributed by atoms with Crippen LogP contribution in [-0.2, 0) is 11.8 Å². The fourth-order valence-corrected chi connectivity index (χ4v) is 2.55. The third-order valence-electron chi connectivity index (χ3n) is 3.10. The van der Waals surface area contributed by atoms with Crippen LogP contribution in [0.15, 0.2) is 6.07 Å². The van der Waals surface area contributed by atoms with Crippen molar-refractivity contribution in [2.45, 2.75) is 25.7 Å². The van der Waals surface area contributed by atoms with Crippen LogP contribution >= 0.6 is 9.24 Å². The zero-order chi connectivity index (χ0) is 11.4. The molecule has 0 heterocycles. The Hall–Kier alpha value is -0.560. The SMILES string of the molecule is Cc1cc2c(c(F)c1F)C(F)(P)C(C)C2. The van der Waals surface area contributed by atoms with Gasteiger partial charge in [-0.2, -0.15) is 0 Å². The van der Waals surface area contributed by atoms with E-state index in [2.05, 4.69) is 0 Å². The second-order valence-electron chi connectivity index (χ2n) is 4.23. The first-order valence-corrected chi connectivity index (χ1v) is 5.39. The van der Waals surface area contributed by atoms with Gasteiger partial charge in [0, 0.05) is 11.5 Å². The van der Waals surface area contributed by atoms with Crippen LogP contribution in [0.3, 0.4) is 0 Å². The summed E-state index contributed by atoms with van der Waals surface area (Å²) in [6, 6.07) is 1.54. The van der Waals surface area contributed by atoms with Crippen LogP contribution in [0.1, 0.15) is 23.6 Å². The van der Waals surface area contributed by atoms with E-state index in [1.54, 1.807) is 6.92 Å². The van der Waals surface area contributed by atoms with Crippen molar-refractivity contribution in [3.63, 3.8) is 0 Å². The Morgan fingerprint density at radius 3 is 2.60 bits per heavy atom. The molecule has 1 aliphatic carbocycles. The van der Waals surface area contributed by atoms with Crippen molar-refractivity contribution in [2.75, 3.05) is 0 Å². The quantitative estimate of drug-likeness (QED) is 0.601. The van der Waals surface area contributed by atoms with Gasteiger partial charge in [-0.1, -0.05) is 22.2 Å². The molecule has 0 saturated heterocycles. The van der Waals surface area contributed by atoms with E-state index in [-0.39, 0.29) is 17.0 Å². The highest BCUT2D eigenvalue weighted by molar-refractivity contribution is 7.18. The molecule has 0 spiro atoms. The van der Waals surface area contributed by atoms with Crippen molar-refractivity contribution >= 4 is 9.24 Å². The zero-order valence-electron chi connectivity index (χ0n) is 8.57. The minimum Gasteiger partial charge on any atom is -0.234 e. The van der Waals surface area contributed by atoms with Crippen molar-refractivity contribution in [1.29, 1.82) is 0 Å². The minimum absolute atomic E-state index is 0.122. The normalized spacial score (nSPS) is 29.3. The summed E-state index contributed by atoms with van der Waals surface area (Å²) in [5.74, 6) is -2.31. The maximum Gasteiger partial charge on any atom is 0.166 e. The van der Waals surface area contributed by atoms with Gasteiger partial charge in [-0.15, -0.1) is 0 Å². The number of hydrogen-bond acceptors (Lipinski definition) is 0. The van der Waals surface area contributed by atoms with E-state index in [0.717, 1.165) is 0 Å². The van der Waals surface area contributed by atoms with Crippen molar-refractivity contribution in [3.8, 4) is 0 Å². The predicted molar refractivity (Wildman–Crippen MR) is 56.5 cm³/mol. The average Bonchev–Trinajstić information content (AvgIpc) is 2.34. The highest BCUT2D eigenvalue weighted by atomic mass is 31.0. The Balaban J connectivity index is 2.72. The maximum absolute atomic E-state index is 14.1. The van der Waals surface area contributed by atoms with Crippen LogP contribution in [0.4, 0.5) is 13.2 Å². The molecule has 0 nitrogen and oxygen atoms in total. The largest absolute Gasteiger partial charge is 0.234 e. The molecule has 82 valence electrons. The lowest BCUT2D eigenvalue weighted by molar-refractivity contribution is 0.215. The molecule has 1 aromatic rings. The van der Waals surface area contributed by atoms with E-state index in [0.29, 0.717) is 12.0 Å². The first-order chi connectivity index (χ1) is 6.85. The van der Waals surface area contributed by atoms with E-state index >= 15 is 0 Å². The molecular weight excluding hydrogens is 220 g/mol. The number of rotatable bonds is 0. The first kappa shape index (κ1) is 10.9. The van der Waals surface area contributed by atoms with Crippen molar-refractivity contribution in [3.05, 3.63) is 34.4 Å². The lowest BCUT2D eigenvalue weighted by atomic mass is 10.0. The Morgan fingerprint density at radius 1 is 1.40 bits per heavy atom. The number of hydrogen-bond donors (Lipinski definition) is 0. The molecule has 0 aromatic heterocycles. The summed E-state index contributed by atoms with van der Waals surface area (Å²) >= 11 is 0. The predicted octanol–water partition coefficient (Wildman–Crippen LogP) is 3.46. The zero-order valence-corrected chi connectivity index (χ0v) is 9.73. The third-order valence-corrected chi connectivity index (χ3v) is 3.95. The smallest absolute Gasteiger partial charge is 0.166 e. The summed E-state index contributed by atoms with van der Waals surface area (Å²) in [6.45, 7) is 3.18. The molecule has 1 aliphatic rings. The maximum atomic E-state index is 14.1. The molecule has 3 unspecified atom stereocenters. The van der Waals surface area contributed by atoms with Gasteiger partial charge in [0.1, 0.15) is 0 Å². The van der Waals surface area contributed by atoms with Gasteiger partial charge in [-0.25, -0.2) is 13.2 Å². The van der Waals surface area contributed by atoms with Crippen molar-refractivity contribution in [2.24, 2.45) is 5.92 Å². The van der Waals surface area contributed by atoms with Crippen LogP contribution in [0.25, 0.3) is 0 Å². The lowest BCUT2D eigenvalue weighted by Crippen LogP contribution is -2.17. The fourth-order valence-electron chi connectivity index (χ4n) is 2.12. The molecule has 0 bridgehead atoms. The topological polar surface area (TPSA) is 0 Å². The van der Waals surface area contributed by atoms with Gasteiger partial charge < -0.3 is 0 Å². The molecule has 0 N–H and O–H groups in total. The van der Waals surface area contributed by atoms with Gasteiger partial charge in [0.05, 0.1) is 0 Å². The van der Waals surface area contributed by atoms with Gasteiger partial charge in [0.2, 0.25) is 0 Å². The van der Waals surface area contributed by atoms with Gasteiger partial charge in [-0.05, 0) is 24.5 Å². The fraction of sp³-hybridized carbons (Fsp3) is 0.455. The van der Waals surface area contributed by atoms with E-state index in [4.69, 9.17) is 0 Å². The monoisotopic (exact) mass is 232 g/mol. The number of fused-ring (bicyclic) bond motifs is 1. The van der Waals surface area contributed by atoms with Crippen LogP contribution in [0.2, 0.25) is 0 Å². The second kappa shape index (κ2) is 3.21. The minimum atomic E-state index is -1.84. The molecule has 0 aliphatic heterocycles. The molecule has 3 atom stereocenters. The number of alkyl halides is 1. The average molecular weight is 232 g/mol. The van der Waals surface area contributed by atoms with Gasteiger partial charge in [0.25, 0.3) is 0 Å². The molecule has 0 saturated carbocycles. The standard InChI is InChI=1S/C11H12F3P/c1-5-3-7-4-6(2)11(14,15)8(7)10(13)9(5)12/h3,6H,4,15H2,1-2H3. The second-order valence-corrected chi connectivity index (χ2v) is 5.07. The van der Waals surface area contributed by atoms with Gasteiger partial charge in [-0.3, -0.25) is 0 Å². The van der Waals surface area contributed by atoms with E-state index in [9.17, 15) is 13.2 Å². The molecule has 1 aromatic carbocycles. The summed E-state index contributed by atoms with van der Waals surface area (Å²) in [5.41, 5.74) is 0.695. The molecule has 0 radical (unpaired) electrons. The van der Waals surface area contributed by atoms with E-state index < -0.39 is 17.0 Å². The molecule has 0 fully saturated rings. The van der Waals surface area contributed by atoms with Crippen molar-refractivity contribution in [1.82, 2.24) is 0 Å². The van der Waals surface area contributed by atoms with Crippen LogP contribution in [-0.4, -0.2) is 0 Å². The highest BCUT2D eigenvalue weighted by Gasteiger charge is 2.44. The van der Waals surface area contributed by atoms with Crippen LogP contribution < -0.4 is 0 Å². The van der Waals surface area contributed by atoms with Gasteiger partial charge >= 0.3 is 0 Å². The first-order valence-electron chi connectivity index (χ1n) is 4.81. The molecule has 15 heavy (non-hydrogen) atoms. The summed E-state index contributed by atoms with van der Waals surface area (Å²) < 4.78 is 41.0. The molecular formula is C11H12F3P. The Morgan fingerprint density at radius 2 is 2.00 bits per heavy atom. The van der Waals surface area contributed by atoms with Crippen LogP contribution in [0, 0.1) is 24.5 Å². The van der Waals surface area contributed by atoms with Crippen LogP contribution in [0.5, 0.6) is 0 Å². The van der Waals surface area contributed by atoms with E-state index in [1.165, 1.54) is 13.0 Å². The molecule has 4 heteroatoms. The lowest BCUT2D eigenvalue weighted by Gasteiger charge is -2.20. The number of halogens is 3.